The highest BCUT2D eigenvalue weighted by molar-refractivity contribution is 7.19. The Hall–Kier alpha value is -4.45. The van der Waals surface area contributed by atoms with Gasteiger partial charge in [0.1, 0.15) is 16.9 Å². The first-order valence-electron chi connectivity index (χ1n) is 13.0. The van der Waals surface area contributed by atoms with Crippen LogP contribution in [-0.4, -0.2) is 44.0 Å². The number of piperidine rings is 1. The fraction of sp³-hybridized carbons (Fsp3) is 0.194. The number of benzene rings is 2. The van der Waals surface area contributed by atoms with Gasteiger partial charge in [-0.15, -0.1) is 11.3 Å². The molecule has 0 unspecified atom stereocenters. The molecule has 1 aliphatic heterocycles. The highest BCUT2D eigenvalue weighted by Gasteiger charge is 2.20. The molecular weight excluding hydrogens is 502 g/mol. The Labute approximate surface area is 231 Å². The van der Waals surface area contributed by atoms with E-state index in [9.17, 15) is 0 Å². The molecule has 0 saturated carbocycles. The minimum atomic E-state index is 0.198. The van der Waals surface area contributed by atoms with E-state index in [1.54, 1.807) is 23.7 Å². The molecule has 0 spiro atoms. The summed E-state index contributed by atoms with van der Waals surface area (Å²) in [5.41, 5.74) is 5.64. The third kappa shape index (κ3) is 5.85. The van der Waals surface area contributed by atoms with Crippen LogP contribution in [0, 0.1) is 11.3 Å². The van der Waals surface area contributed by atoms with Gasteiger partial charge in [0.15, 0.2) is 0 Å². The van der Waals surface area contributed by atoms with Crippen LogP contribution in [0.15, 0.2) is 91.4 Å². The van der Waals surface area contributed by atoms with E-state index in [1.807, 2.05) is 30.5 Å². The number of anilines is 1. The van der Waals surface area contributed by atoms with Crippen molar-refractivity contribution in [2.24, 2.45) is 0 Å². The fourth-order valence-electron chi connectivity index (χ4n) is 4.88. The molecule has 39 heavy (non-hydrogen) atoms. The van der Waals surface area contributed by atoms with Gasteiger partial charge in [-0.1, -0.05) is 54.6 Å². The zero-order chi connectivity index (χ0) is 26.4. The second-order valence-electron chi connectivity index (χ2n) is 9.57. The molecule has 0 bridgehead atoms. The molecule has 0 aliphatic carbocycles. The lowest BCUT2D eigenvalue weighted by Crippen LogP contribution is -2.38. The molecule has 6 rings (SSSR count). The third-order valence-corrected chi connectivity index (χ3v) is 8.05. The minimum absolute atomic E-state index is 0.198. The van der Waals surface area contributed by atoms with Crippen molar-refractivity contribution < 1.29 is 0 Å². The lowest BCUT2D eigenvalue weighted by atomic mass is 10.0. The van der Waals surface area contributed by atoms with Gasteiger partial charge in [-0.3, -0.25) is 9.88 Å². The van der Waals surface area contributed by atoms with Gasteiger partial charge in [0.05, 0.1) is 10.6 Å². The maximum atomic E-state index is 9.02. The number of pyridine rings is 1. The SMILES string of the molecule is N#Cc1nccc(NC2CCN(Cc3ccc(-c4sc(-c5cccnc5)nc4-c4ccccc4)cc3)CC2)n1. The van der Waals surface area contributed by atoms with Gasteiger partial charge in [-0.05, 0) is 42.2 Å². The number of hydrogen-bond donors (Lipinski definition) is 1. The van der Waals surface area contributed by atoms with Crippen LogP contribution in [0.3, 0.4) is 0 Å². The third-order valence-electron chi connectivity index (χ3n) is 6.90. The van der Waals surface area contributed by atoms with Crippen molar-refractivity contribution in [3.63, 3.8) is 0 Å². The van der Waals surface area contributed by atoms with Crippen molar-refractivity contribution >= 4 is 17.2 Å². The summed E-state index contributed by atoms with van der Waals surface area (Å²) >= 11 is 1.71. The van der Waals surface area contributed by atoms with E-state index in [2.05, 4.69) is 79.8 Å². The zero-order valence-electron chi connectivity index (χ0n) is 21.4. The molecular formula is C31H27N7S. The van der Waals surface area contributed by atoms with Crippen LogP contribution in [0.5, 0.6) is 0 Å². The van der Waals surface area contributed by atoms with E-state index < -0.39 is 0 Å². The maximum absolute atomic E-state index is 9.02. The highest BCUT2D eigenvalue weighted by atomic mass is 32.1. The van der Waals surface area contributed by atoms with E-state index in [0.29, 0.717) is 6.04 Å². The summed E-state index contributed by atoms with van der Waals surface area (Å²) in [4.78, 5) is 21.2. The molecule has 0 atom stereocenters. The lowest BCUT2D eigenvalue weighted by molar-refractivity contribution is 0.211. The average Bonchev–Trinajstić information content (AvgIpc) is 3.45. The van der Waals surface area contributed by atoms with Crippen LogP contribution < -0.4 is 5.32 Å². The topological polar surface area (TPSA) is 90.6 Å². The van der Waals surface area contributed by atoms with Gasteiger partial charge < -0.3 is 5.32 Å². The molecule has 192 valence electrons. The molecule has 3 aromatic heterocycles. The number of likely N-dealkylation sites (tertiary alicyclic amines) is 1. The summed E-state index contributed by atoms with van der Waals surface area (Å²) in [6.07, 6.45) is 7.35. The van der Waals surface area contributed by atoms with Gasteiger partial charge in [0.25, 0.3) is 0 Å². The molecule has 1 aliphatic rings. The number of rotatable bonds is 7. The maximum Gasteiger partial charge on any atom is 0.234 e. The first-order valence-corrected chi connectivity index (χ1v) is 13.8. The van der Waals surface area contributed by atoms with Gasteiger partial charge in [-0.2, -0.15) is 5.26 Å². The molecule has 1 N–H and O–H groups in total. The van der Waals surface area contributed by atoms with Gasteiger partial charge in [0, 0.05) is 55.4 Å². The van der Waals surface area contributed by atoms with Crippen molar-refractivity contribution in [2.75, 3.05) is 18.4 Å². The Kier molecular flexibility index (Phi) is 7.34. The summed E-state index contributed by atoms with van der Waals surface area (Å²) < 4.78 is 0. The highest BCUT2D eigenvalue weighted by Crippen LogP contribution is 2.40. The van der Waals surface area contributed by atoms with E-state index >= 15 is 0 Å². The van der Waals surface area contributed by atoms with Crippen molar-refractivity contribution in [2.45, 2.75) is 25.4 Å². The quantitative estimate of drug-likeness (QED) is 0.265. The van der Waals surface area contributed by atoms with Crippen LogP contribution in [0.4, 0.5) is 5.82 Å². The van der Waals surface area contributed by atoms with Crippen LogP contribution in [0.1, 0.15) is 24.2 Å². The van der Waals surface area contributed by atoms with E-state index in [4.69, 9.17) is 10.2 Å². The lowest BCUT2D eigenvalue weighted by Gasteiger charge is -2.32. The Bertz CT molecular complexity index is 1570. The molecule has 7 nitrogen and oxygen atoms in total. The molecule has 1 saturated heterocycles. The van der Waals surface area contributed by atoms with E-state index in [-0.39, 0.29) is 5.82 Å². The first-order chi connectivity index (χ1) is 19.2. The van der Waals surface area contributed by atoms with Crippen LogP contribution in [0.25, 0.3) is 32.3 Å². The van der Waals surface area contributed by atoms with Crippen LogP contribution >= 0.6 is 11.3 Å². The Morgan fingerprint density at radius 1 is 0.872 bits per heavy atom. The average molecular weight is 530 g/mol. The smallest absolute Gasteiger partial charge is 0.234 e. The number of nitrogens with zero attached hydrogens (tertiary/aromatic N) is 6. The second-order valence-corrected chi connectivity index (χ2v) is 10.6. The Morgan fingerprint density at radius 3 is 2.41 bits per heavy atom. The van der Waals surface area contributed by atoms with Crippen molar-refractivity contribution in [1.29, 1.82) is 5.26 Å². The van der Waals surface area contributed by atoms with Crippen molar-refractivity contribution in [3.8, 4) is 38.3 Å². The zero-order valence-corrected chi connectivity index (χ0v) is 22.2. The van der Waals surface area contributed by atoms with E-state index in [1.165, 1.54) is 16.0 Å². The number of aromatic nitrogens is 4. The molecule has 5 aromatic rings. The molecule has 2 aromatic carbocycles. The summed E-state index contributed by atoms with van der Waals surface area (Å²) in [5, 5.41) is 13.5. The molecule has 8 heteroatoms. The molecule has 1 fully saturated rings. The summed E-state index contributed by atoms with van der Waals surface area (Å²) in [6.45, 7) is 2.95. The summed E-state index contributed by atoms with van der Waals surface area (Å²) in [7, 11) is 0. The van der Waals surface area contributed by atoms with Crippen molar-refractivity contribution in [1.82, 2.24) is 24.8 Å². The van der Waals surface area contributed by atoms with Crippen molar-refractivity contribution in [3.05, 3.63) is 103 Å². The van der Waals surface area contributed by atoms with E-state index in [0.717, 1.165) is 60.1 Å². The molecule has 4 heterocycles. The predicted octanol–water partition coefficient (Wildman–Crippen LogP) is 6.28. The normalized spacial score (nSPS) is 14.1. The second kappa shape index (κ2) is 11.5. The number of hydrogen-bond acceptors (Lipinski definition) is 8. The summed E-state index contributed by atoms with van der Waals surface area (Å²) in [5.74, 6) is 0.920. The van der Waals surface area contributed by atoms with Crippen LogP contribution in [-0.2, 0) is 6.54 Å². The van der Waals surface area contributed by atoms with Gasteiger partial charge >= 0.3 is 0 Å². The molecule has 0 radical (unpaired) electrons. The minimum Gasteiger partial charge on any atom is -0.367 e. The standard InChI is InChI=1S/C31H27N7S/c32-19-28-34-16-12-27(36-28)35-26-13-17-38(18-14-26)21-22-8-10-24(11-9-22)30-29(23-5-2-1-3-6-23)37-31(39-30)25-7-4-15-33-20-25/h1-12,15-16,20,26H,13-14,17-18,21H2,(H,34,35,36). The summed E-state index contributed by atoms with van der Waals surface area (Å²) in [6, 6.07) is 27.5. The van der Waals surface area contributed by atoms with Gasteiger partial charge in [-0.25, -0.2) is 15.0 Å². The first kappa shape index (κ1) is 24.9. The Balaban J connectivity index is 1.14. The predicted molar refractivity (Wildman–Crippen MR) is 155 cm³/mol. The number of nitriles is 1. The number of nitrogens with one attached hydrogen (secondary N) is 1. The Morgan fingerprint density at radius 2 is 1.67 bits per heavy atom. The van der Waals surface area contributed by atoms with Gasteiger partial charge in [0.2, 0.25) is 5.82 Å². The monoisotopic (exact) mass is 529 g/mol. The number of thiazole rings is 1. The fourth-order valence-corrected chi connectivity index (χ4v) is 5.96. The molecule has 0 amide bonds. The van der Waals surface area contributed by atoms with Crippen LogP contribution in [0.2, 0.25) is 0 Å². The largest absolute Gasteiger partial charge is 0.367 e.